The van der Waals surface area contributed by atoms with Crippen LogP contribution in [0.1, 0.15) is 24.9 Å². The summed E-state index contributed by atoms with van der Waals surface area (Å²) in [5, 5.41) is 0. The fourth-order valence-corrected chi connectivity index (χ4v) is 2.85. The summed E-state index contributed by atoms with van der Waals surface area (Å²) in [4.78, 5) is 2.40. The molecule has 3 atom stereocenters. The van der Waals surface area contributed by atoms with Crippen molar-refractivity contribution in [3.63, 3.8) is 0 Å². The lowest BCUT2D eigenvalue weighted by Gasteiger charge is -2.27. The van der Waals surface area contributed by atoms with E-state index in [0.717, 1.165) is 22.9 Å². The first kappa shape index (κ1) is 13.1. The first-order valence-electron chi connectivity index (χ1n) is 6.27. The van der Waals surface area contributed by atoms with Gasteiger partial charge in [-0.2, -0.15) is 0 Å². The second-order valence-electron chi connectivity index (χ2n) is 5.22. The standard InChI is InChI=1S/C14H21BrN2/c1-10-6-12(10)9-17(2)14(8-16)11-4-3-5-13(15)7-11/h3-5,7,10,12,14H,6,8-9,16H2,1-2H3. The third-order valence-electron chi connectivity index (χ3n) is 3.79. The molecule has 0 heterocycles. The molecule has 0 aliphatic heterocycles. The molecule has 1 aromatic rings. The van der Waals surface area contributed by atoms with E-state index in [2.05, 4.69) is 59.1 Å². The Bertz CT molecular complexity index is 380. The van der Waals surface area contributed by atoms with E-state index in [9.17, 15) is 0 Å². The SMILES string of the molecule is CC1CC1CN(C)C(CN)c1cccc(Br)c1. The highest BCUT2D eigenvalue weighted by Crippen LogP contribution is 2.39. The first-order chi connectivity index (χ1) is 8.11. The van der Waals surface area contributed by atoms with Crippen molar-refractivity contribution in [2.24, 2.45) is 17.6 Å². The summed E-state index contributed by atoms with van der Waals surface area (Å²) in [6, 6.07) is 8.80. The Balaban J connectivity index is 2.04. The van der Waals surface area contributed by atoms with Crippen molar-refractivity contribution in [1.29, 1.82) is 0 Å². The Kier molecular flexibility index (Phi) is 4.23. The molecule has 1 fully saturated rings. The lowest BCUT2D eigenvalue weighted by atomic mass is 10.1. The van der Waals surface area contributed by atoms with Crippen molar-refractivity contribution in [3.05, 3.63) is 34.3 Å². The van der Waals surface area contributed by atoms with Crippen LogP contribution in [-0.2, 0) is 0 Å². The van der Waals surface area contributed by atoms with E-state index in [1.54, 1.807) is 0 Å². The second kappa shape index (κ2) is 5.51. The molecule has 0 amide bonds. The molecule has 0 aromatic heterocycles. The number of nitrogens with zero attached hydrogens (tertiary/aromatic N) is 1. The van der Waals surface area contributed by atoms with E-state index in [4.69, 9.17) is 5.73 Å². The Labute approximate surface area is 112 Å². The predicted octanol–water partition coefficient (Wildman–Crippen LogP) is 3.04. The van der Waals surface area contributed by atoms with E-state index in [0.29, 0.717) is 12.6 Å². The first-order valence-corrected chi connectivity index (χ1v) is 7.07. The van der Waals surface area contributed by atoms with Crippen molar-refractivity contribution in [2.45, 2.75) is 19.4 Å². The molecule has 1 aliphatic carbocycles. The molecule has 3 unspecified atom stereocenters. The zero-order valence-electron chi connectivity index (χ0n) is 10.6. The maximum Gasteiger partial charge on any atom is 0.0467 e. The minimum atomic E-state index is 0.334. The Morgan fingerprint density at radius 3 is 2.76 bits per heavy atom. The molecule has 0 saturated heterocycles. The molecular formula is C14H21BrN2. The third kappa shape index (κ3) is 3.30. The quantitative estimate of drug-likeness (QED) is 0.905. The van der Waals surface area contributed by atoms with Gasteiger partial charge >= 0.3 is 0 Å². The Morgan fingerprint density at radius 2 is 2.24 bits per heavy atom. The number of benzene rings is 1. The predicted molar refractivity (Wildman–Crippen MR) is 75.8 cm³/mol. The van der Waals surface area contributed by atoms with Gasteiger partial charge in [0.2, 0.25) is 0 Å². The lowest BCUT2D eigenvalue weighted by Crippen LogP contribution is -2.32. The number of halogens is 1. The largest absolute Gasteiger partial charge is 0.329 e. The van der Waals surface area contributed by atoms with Crippen LogP contribution in [0.4, 0.5) is 0 Å². The summed E-state index contributed by atoms with van der Waals surface area (Å²) in [7, 11) is 2.18. The van der Waals surface area contributed by atoms with Crippen LogP contribution in [0.5, 0.6) is 0 Å². The lowest BCUT2D eigenvalue weighted by molar-refractivity contribution is 0.237. The van der Waals surface area contributed by atoms with Gasteiger partial charge < -0.3 is 5.73 Å². The summed E-state index contributed by atoms with van der Waals surface area (Å²) >= 11 is 3.52. The third-order valence-corrected chi connectivity index (χ3v) is 4.28. The van der Waals surface area contributed by atoms with Crippen molar-refractivity contribution in [3.8, 4) is 0 Å². The molecule has 0 bridgehead atoms. The van der Waals surface area contributed by atoms with Gasteiger partial charge in [0.1, 0.15) is 0 Å². The highest BCUT2D eigenvalue weighted by molar-refractivity contribution is 9.10. The number of rotatable bonds is 5. The van der Waals surface area contributed by atoms with Crippen LogP contribution in [0.15, 0.2) is 28.7 Å². The molecule has 1 saturated carbocycles. The highest BCUT2D eigenvalue weighted by Gasteiger charge is 2.34. The van der Waals surface area contributed by atoms with Gasteiger partial charge in [0.25, 0.3) is 0 Å². The van der Waals surface area contributed by atoms with Gasteiger partial charge in [-0.3, -0.25) is 4.90 Å². The van der Waals surface area contributed by atoms with Crippen molar-refractivity contribution >= 4 is 15.9 Å². The van der Waals surface area contributed by atoms with Gasteiger partial charge in [0.05, 0.1) is 0 Å². The van der Waals surface area contributed by atoms with Gasteiger partial charge in [0, 0.05) is 23.6 Å². The topological polar surface area (TPSA) is 29.3 Å². The van der Waals surface area contributed by atoms with Crippen LogP contribution >= 0.6 is 15.9 Å². The molecule has 1 aliphatic rings. The van der Waals surface area contributed by atoms with Crippen LogP contribution < -0.4 is 5.73 Å². The number of nitrogens with two attached hydrogens (primary N) is 1. The fraction of sp³-hybridized carbons (Fsp3) is 0.571. The number of hydrogen-bond donors (Lipinski definition) is 1. The summed E-state index contributed by atoms with van der Waals surface area (Å²) in [6.07, 6.45) is 1.38. The second-order valence-corrected chi connectivity index (χ2v) is 6.13. The summed E-state index contributed by atoms with van der Waals surface area (Å²) in [6.45, 7) is 4.17. The molecule has 0 radical (unpaired) electrons. The van der Waals surface area contributed by atoms with Crippen LogP contribution in [0.25, 0.3) is 0 Å². The van der Waals surface area contributed by atoms with E-state index in [-0.39, 0.29) is 0 Å². The average molecular weight is 297 g/mol. The van der Waals surface area contributed by atoms with Gasteiger partial charge in [0.15, 0.2) is 0 Å². The smallest absolute Gasteiger partial charge is 0.0467 e. The molecule has 3 heteroatoms. The molecule has 2 rings (SSSR count). The fourth-order valence-electron chi connectivity index (χ4n) is 2.43. The van der Waals surface area contributed by atoms with Crippen molar-refractivity contribution < 1.29 is 0 Å². The van der Waals surface area contributed by atoms with E-state index in [1.165, 1.54) is 12.0 Å². The summed E-state index contributed by atoms with van der Waals surface area (Å²) in [5.74, 6) is 1.78. The summed E-state index contributed by atoms with van der Waals surface area (Å²) < 4.78 is 1.13. The number of hydrogen-bond acceptors (Lipinski definition) is 2. The van der Waals surface area contributed by atoms with Crippen LogP contribution in [0, 0.1) is 11.8 Å². The van der Waals surface area contributed by atoms with E-state index < -0.39 is 0 Å². The normalized spacial score (nSPS) is 25.0. The van der Waals surface area contributed by atoms with Gasteiger partial charge in [-0.05, 0) is 43.0 Å². The van der Waals surface area contributed by atoms with Crippen LogP contribution in [0.2, 0.25) is 0 Å². The van der Waals surface area contributed by atoms with Gasteiger partial charge in [-0.15, -0.1) is 0 Å². The Hall–Kier alpha value is -0.380. The molecule has 2 N–H and O–H groups in total. The molecule has 94 valence electrons. The van der Waals surface area contributed by atoms with E-state index in [1.807, 2.05) is 0 Å². The average Bonchev–Trinajstić information content (AvgIpc) is 2.95. The number of likely N-dealkylation sites (N-methyl/N-ethyl adjacent to an activating group) is 1. The van der Waals surface area contributed by atoms with Crippen LogP contribution in [-0.4, -0.2) is 25.0 Å². The molecule has 0 spiro atoms. The minimum absolute atomic E-state index is 0.334. The minimum Gasteiger partial charge on any atom is -0.329 e. The van der Waals surface area contributed by atoms with E-state index >= 15 is 0 Å². The molecule has 2 nitrogen and oxygen atoms in total. The zero-order valence-corrected chi connectivity index (χ0v) is 12.2. The van der Waals surface area contributed by atoms with Crippen LogP contribution in [0.3, 0.4) is 0 Å². The molecular weight excluding hydrogens is 276 g/mol. The Morgan fingerprint density at radius 1 is 1.53 bits per heavy atom. The van der Waals surface area contributed by atoms with Gasteiger partial charge in [-0.1, -0.05) is 35.0 Å². The highest BCUT2D eigenvalue weighted by atomic mass is 79.9. The monoisotopic (exact) mass is 296 g/mol. The molecule has 17 heavy (non-hydrogen) atoms. The van der Waals surface area contributed by atoms with Crippen molar-refractivity contribution in [1.82, 2.24) is 4.90 Å². The summed E-state index contributed by atoms with van der Waals surface area (Å²) in [5.41, 5.74) is 7.23. The van der Waals surface area contributed by atoms with Crippen molar-refractivity contribution in [2.75, 3.05) is 20.1 Å². The maximum absolute atomic E-state index is 5.93. The van der Waals surface area contributed by atoms with Gasteiger partial charge in [-0.25, -0.2) is 0 Å². The molecule has 1 aromatic carbocycles. The zero-order chi connectivity index (χ0) is 12.4. The maximum atomic E-state index is 5.93.